The maximum absolute atomic E-state index is 12.9. The third kappa shape index (κ3) is 5.46. The quantitative estimate of drug-likeness (QED) is 0.669. The van der Waals surface area contributed by atoms with Gasteiger partial charge in [-0.2, -0.15) is 0 Å². The molecule has 2 aliphatic heterocycles. The maximum atomic E-state index is 12.9. The second-order valence-corrected chi connectivity index (χ2v) is 11.1. The Morgan fingerprint density at radius 1 is 1.06 bits per heavy atom. The van der Waals surface area contributed by atoms with Crippen molar-refractivity contribution in [1.82, 2.24) is 9.80 Å². The number of carbonyl (C=O) groups excluding carboxylic acids is 1. The molecule has 2 aliphatic rings. The molecule has 0 aromatic heterocycles. The molecule has 0 aliphatic carbocycles. The molecule has 2 N–H and O–H groups in total. The number of piperazine rings is 1. The van der Waals surface area contributed by atoms with Gasteiger partial charge in [-0.15, -0.1) is 11.8 Å². The standard InChI is InChI=1S/C23H30N4O3S2/c1-3-26-10-12-27(13-11-26)15-18-4-6-19(7-5-18)25-32(29,30)20-8-9-22-21(14-20)24-23(28)17(2)16-31-22/h4-9,14,17,25H,3,10-13,15-16H2,1-2H3,(H,24,28). The zero-order valence-electron chi connectivity index (χ0n) is 18.5. The number of rotatable bonds is 6. The Hall–Kier alpha value is -2.07. The Kier molecular flexibility index (Phi) is 7.09. The van der Waals surface area contributed by atoms with Crippen LogP contribution in [0.2, 0.25) is 0 Å². The fourth-order valence-corrected chi connectivity index (χ4v) is 5.96. The van der Waals surface area contributed by atoms with E-state index in [0.717, 1.165) is 49.7 Å². The lowest BCUT2D eigenvalue weighted by Crippen LogP contribution is -2.45. The van der Waals surface area contributed by atoms with Crippen LogP contribution >= 0.6 is 11.8 Å². The number of nitrogens with zero attached hydrogens (tertiary/aromatic N) is 2. The maximum Gasteiger partial charge on any atom is 0.261 e. The van der Waals surface area contributed by atoms with Gasteiger partial charge in [0.05, 0.1) is 10.6 Å². The average molecular weight is 475 g/mol. The van der Waals surface area contributed by atoms with Gasteiger partial charge < -0.3 is 10.2 Å². The molecular formula is C23H30N4O3S2. The Balaban J connectivity index is 1.41. The van der Waals surface area contributed by atoms with Crippen LogP contribution in [0.3, 0.4) is 0 Å². The van der Waals surface area contributed by atoms with Crippen LogP contribution in [-0.4, -0.2) is 62.6 Å². The first-order valence-electron chi connectivity index (χ1n) is 11.0. The third-order valence-corrected chi connectivity index (χ3v) is 8.69. The van der Waals surface area contributed by atoms with E-state index in [1.54, 1.807) is 36.0 Å². The fraction of sp³-hybridized carbons (Fsp3) is 0.435. The lowest BCUT2D eigenvalue weighted by molar-refractivity contribution is -0.118. The van der Waals surface area contributed by atoms with E-state index in [1.165, 1.54) is 6.07 Å². The second-order valence-electron chi connectivity index (χ2n) is 8.37. The number of anilines is 2. The minimum absolute atomic E-state index is 0.0922. The Morgan fingerprint density at radius 2 is 1.75 bits per heavy atom. The van der Waals surface area contributed by atoms with Crippen molar-refractivity contribution in [3.8, 4) is 0 Å². The monoisotopic (exact) mass is 474 g/mol. The van der Waals surface area contributed by atoms with E-state index in [-0.39, 0.29) is 16.7 Å². The molecule has 7 nitrogen and oxygen atoms in total. The molecule has 1 atom stereocenters. The Bertz CT molecular complexity index is 1070. The van der Waals surface area contributed by atoms with E-state index in [0.29, 0.717) is 17.1 Å². The third-order valence-electron chi connectivity index (χ3n) is 5.98. The van der Waals surface area contributed by atoms with Gasteiger partial charge in [-0.25, -0.2) is 8.42 Å². The predicted molar refractivity (Wildman–Crippen MR) is 130 cm³/mol. The van der Waals surface area contributed by atoms with Gasteiger partial charge in [0.15, 0.2) is 0 Å². The summed E-state index contributed by atoms with van der Waals surface area (Å²) >= 11 is 1.56. The van der Waals surface area contributed by atoms with Gasteiger partial charge in [-0.05, 0) is 42.4 Å². The highest BCUT2D eigenvalue weighted by molar-refractivity contribution is 7.99. The SMILES string of the molecule is CCN1CCN(Cc2ccc(NS(=O)(=O)c3ccc4c(c3)NC(=O)C(C)CS4)cc2)CC1. The van der Waals surface area contributed by atoms with Crippen LogP contribution in [0.1, 0.15) is 19.4 Å². The molecule has 1 saturated heterocycles. The highest BCUT2D eigenvalue weighted by Gasteiger charge is 2.23. The van der Waals surface area contributed by atoms with Crippen molar-refractivity contribution in [3.63, 3.8) is 0 Å². The molecule has 0 spiro atoms. The molecule has 0 saturated carbocycles. The largest absolute Gasteiger partial charge is 0.325 e. The van der Waals surface area contributed by atoms with Crippen LogP contribution in [0.4, 0.5) is 11.4 Å². The molecule has 0 radical (unpaired) electrons. The molecule has 2 aromatic carbocycles. The van der Waals surface area contributed by atoms with E-state index >= 15 is 0 Å². The lowest BCUT2D eigenvalue weighted by Gasteiger charge is -2.34. The summed E-state index contributed by atoms with van der Waals surface area (Å²) < 4.78 is 28.5. The van der Waals surface area contributed by atoms with Crippen LogP contribution in [0, 0.1) is 5.92 Å². The molecule has 172 valence electrons. The number of carbonyl (C=O) groups is 1. The van der Waals surface area contributed by atoms with Gasteiger partial charge in [0.1, 0.15) is 0 Å². The summed E-state index contributed by atoms with van der Waals surface area (Å²) in [5.74, 6) is 0.453. The normalized spacial score (nSPS) is 20.3. The number of fused-ring (bicyclic) bond motifs is 1. The first-order chi connectivity index (χ1) is 15.3. The summed E-state index contributed by atoms with van der Waals surface area (Å²) in [6.45, 7) is 10.3. The summed E-state index contributed by atoms with van der Waals surface area (Å²) in [4.78, 5) is 18.0. The van der Waals surface area contributed by atoms with Crippen molar-refractivity contribution in [3.05, 3.63) is 48.0 Å². The van der Waals surface area contributed by atoms with Gasteiger partial charge in [-0.3, -0.25) is 14.4 Å². The van der Waals surface area contributed by atoms with Crippen molar-refractivity contribution in [2.75, 3.05) is 48.5 Å². The summed E-state index contributed by atoms with van der Waals surface area (Å²) in [6.07, 6.45) is 0. The molecule has 2 aromatic rings. The number of benzene rings is 2. The lowest BCUT2D eigenvalue weighted by atomic mass is 10.2. The van der Waals surface area contributed by atoms with Gasteiger partial charge in [-0.1, -0.05) is 26.0 Å². The minimum Gasteiger partial charge on any atom is -0.325 e. The topological polar surface area (TPSA) is 81.8 Å². The first kappa shape index (κ1) is 23.1. The van der Waals surface area contributed by atoms with Gasteiger partial charge >= 0.3 is 0 Å². The number of hydrogen-bond donors (Lipinski definition) is 2. The van der Waals surface area contributed by atoms with Crippen LogP contribution in [0.25, 0.3) is 0 Å². The Morgan fingerprint density at radius 3 is 2.44 bits per heavy atom. The van der Waals surface area contributed by atoms with Crippen LogP contribution in [0.5, 0.6) is 0 Å². The molecule has 1 amide bonds. The summed E-state index contributed by atoms with van der Waals surface area (Å²) in [7, 11) is -3.77. The van der Waals surface area contributed by atoms with E-state index in [9.17, 15) is 13.2 Å². The highest BCUT2D eigenvalue weighted by atomic mass is 32.2. The average Bonchev–Trinajstić information content (AvgIpc) is 2.93. The van der Waals surface area contributed by atoms with E-state index < -0.39 is 10.0 Å². The van der Waals surface area contributed by atoms with Crippen molar-refractivity contribution in [2.45, 2.75) is 30.2 Å². The number of nitrogens with one attached hydrogen (secondary N) is 2. The second kappa shape index (κ2) is 9.82. The number of amides is 1. The van der Waals surface area contributed by atoms with Crippen molar-refractivity contribution in [1.29, 1.82) is 0 Å². The van der Waals surface area contributed by atoms with E-state index in [1.807, 2.05) is 19.1 Å². The zero-order chi connectivity index (χ0) is 22.7. The van der Waals surface area contributed by atoms with E-state index in [2.05, 4.69) is 26.8 Å². The molecule has 0 bridgehead atoms. The first-order valence-corrected chi connectivity index (χ1v) is 13.4. The molecule has 9 heteroatoms. The fourth-order valence-electron chi connectivity index (χ4n) is 3.86. The number of thioether (sulfide) groups is 1. The smallest absolute Gasteiger partial charge is 0.261 e. The molecule has 1 unspecified atom stereocenters. The molecule has 32 heavy (non-hydrogen) atoms. The number of hydrogen-bond acceptors (Lipinski definition) is 6. The zero-order valence-corrected chi connectivity index (χ0v) is 20.1. The molecule has 1 fully saturated rings. The van der Waals surface area contributed by atoms with Crippen molar-refractivity contribution in [2.24, 2.45) is 5.92 Å². The Labute approximate surface area is 194 Å². The van der Waals surface area contributed by atoms with Gasteiger partial charge in [0.25, 0.3) is 10.0 Å². The van der Waals surface area contributed by atoms with E-state index in [4.69, 9.17) is 0 Å². The molecular weight excluding hydrogens is 444 g/mol. The minimum atomic E-state index is -3.77. The highest BCUT2D eigenvalue weighted by Crippen LogP contribution is 2.34. The summed E-state index contributed by atoms with van der Waals surface area (Å²) in [5, 5.41) is 2.84. The number of likely N-dealkylation sites (N-methyl/N-ethyl adjacent to an activating group) is 1. The van der Waals surface area contributed by atoms with Crippen LogP contribution in [0.15, 0.2) is 52.3 Å². The summed E-state index contributed by atoms with van der Waals surface area (Å²) in [6, 6.07) is 12.4. The molecule has 4 rings (SSSR count). The number of sulfonamides is 1. The van der Waals surface area contributed by atoms with Crippen LogP contribution < -0.4 is 10.0 Å². The predicted octanol–water partition coefficient (Wildman–Crippen LogP) is 3.31. The van der Waals surface area contributed by atoms with Crippen molar-refractivity contribution >= 4 is 39.1 Å². The van der Waals surface area contributed by atoms with Gasteiger partial charge in [0, 0.05) is 55.0 Å². The summed E-state index contributed by atoms with van der Waals surface area (Å²) in [5.41, 5.74) is 2.23. The van der Waals surface area contributed by atoms with Crippen LogP contribution in [-0.2, 0) is 21.4 Å². The van der Waals surface area contributed by atoms with Crippen molar-refractivity contribution < 1.29 is 13.2 Å². The molecule has 2 heterocycles. The van der Waals surface area contributed by atoms with Gasteiger partial charge in [0.2, 0.25) is 5.91 Å².